The monoisotopic (exact) mass is 324 g/mol. The van der Waals surface area contributed by atoms with E-state index in [2.05, 4.69) is 22.7 Å². The predicted molar refractivity (Wildman–Crippen MR) is 83.3 cm³/mol. The Labute approximate surface area is 129 Å². The third-order valence-corrected chi connectivity index (χ3v) is 2.84. The summed E-state index contributed by atoms with van der Waals surface area (Å²) < 4.78 is 5.49. The van der Waals surface area contributed by atoms with E-state index < -0.39 is 4.92 Å². The van der Waals surface area contributed by atoms with Crippen molar-refractivity contribution >= 4 is 40.8 Å². The first-order valence-corrected chi connectivity index (χ1v) is 6.38. The van der Waals surface area contributed by atoms with Crippen molar-refractivity contribution in [1.29, 1.82) is 0 Å². The SMILES string of the molecule is NC(=S)N/N=C\c1ccc(-c2cc([N+](=O)[O-])ccc2Cl)o1. The number of nitro groups is 1. The standard InChI is InChI=1S/C12H9ClN4O3S/c13-10-3-1-7(17(18)19)5-9(10)11-4-2-8(20-11)6-15-16-12(14)21/h1-6H,(H3,14,16,21)/b15-6-. The Bertz CT molecular complexity index is 729. The number of non-ortho nitro benzene ring substituents is 1. The Morgan fingerprint density at radius 1 is 1.48 bits per heavy atom. The molecule has 7 nitrogen and oxygen atoms in total. The number of halogens is 1. The van der Waals surface area contributed by atoms with Crippen LogP contribution in [0.3, 0.4) is 0 Å². The van der Waals surface area contributed by atoms with E-state index in [4.69, 9.17) is 21.8 Å². The first kappa shape index (κ1) is 14.9. The van der Waals surface area contributed by atoms with E-state index in [9.17, 15) is 10.1 Å². The molecule has 0 saturated heterocycles. The van der Waals surface area contributed by atoms with Crippen LogP contribution in [0.5, 0.6) is 0 Å². The van der Waals surface area contributed by atoms with Crippen LogP contribution in [-0.4, -0.2) is 16.3 Å². The van der Waals surface area contributed by atoms with Crippen molar-refractivity contribution in [1.82, 2.24) is 5.43 Å². The summed E-state index contributed by atoms with van der Waals surface area (Å²) in [5, 5.41) is 14.9. The van der Waals surface area contributed by atoms with Crippen molar-refractivity contribution in [2.75, 3.05) is 0 Å². The predicted octanol–water partition coefficient (Wildman–Crippen LogP) is 2.68. The van der Waals surface area contributed by atoms with Crippen LogP contribution in [0.25, 0.3) is 11.3 Å². The number of benzene rings is 1. The summed E-state index contributed by atoms with van der Waals surface area (Å²) in [4.78, 5) is 10.3. The van der Waals surface area contributed by atoms with E-state index in [0.717, 1.165) is 0 Å². The molecule has 0 amide bonds. The molecule has 0 radical (unpaired) electrons. The average Bonchev–Trinajstić information content (AvgIpc) is 2.87. The number of nitrogens with two attached hydrogens (primary N) is 1. The highest BCUT2D eigenvalue weighted by molar-refractivity contribution is 7.80. The highest BCUT2D eigenvalue weighted by Crippen LogP contribution is 2.32. The van der Waals surface area contributed by atoms with Crippen LogP contribution in [0.2, 0.25) is 5.02 Å². The lowest BCUT2D eigenvalue weighted by Crippen LogP contribution is -2.23. The van der Waals surface area contributed by atoms with Gasteiger partial charge >= 0.3 is 0 Å². The number of nitrogens with zero attached hydrogens (tertiary/aromatic N) is 2. The normalized spacial score (nSPS) is 10.7. The molecule has 9 heteroatoms. The smallest absolute Gasteiger partial charge is 0.270 e. The highest BCUT2D eigenvalue weighted by Gasteiger charge is 2.13. The van der Waals surface area contributed by atoms with Crippen LogP contribution >= 0.6 is 23.8 Å². The summed E-state index contributed by atoms with van der Waals surface area (Å²) >= 11 is 10.6. The first-order valence-electron chi connectivity index (χ1n) is 5.60. The van der Waals surface area contributed by atoms with Crippen LogP contribution < -0.4 is 11.2 Å². The van der Waals surface area contributed by atoms with Gasteiger partial charge in [-0.2, -0.15) is 5.10 Å². The number of rotatable bonds is 4. The Morgan fingerprint density at radius 3 is 2.90 bits per heavy atom. The Morgan fingerprint density at radius 2 is 2.24 bits per heavy atom. The summed E-state index contributed by atoms with van der Waals surface area (Å²) in [5.74, 6) is 0.803. The number of hydrogen-bond donors (Lipinski definition) is 2. The van der Waals surface area contributed by atoms with Crippen molar-refractivity contribution in [3.05, 3.63) is 51.2 Å². The molecule has 0 unspecified atom stereocenters. The summed E-state index contributed by atoms with van der Waals surface area (Å²) in [6, 6.07) is 7.38. The minimum absolute atomic E-state index is 0.0276. The number of nitrogens with one attached hydrogen (secondary N) is 1. The zero-order chi connectivity index (χ0) is 15.4. The fourth-order valence-corrected chi connectivity index (χ4v) is 1.81. The molecule has 0 fully saturated rings. The number of hydrogen-bond acceptors (Lipinski definition) is 5. The number of furan rings is 1. The van der Waals surface area contributed by atoms with Crippen LogP contribution in [-0.2, 0) is 0 Å². The molecular weight excluding hydrogens is 316 g/mol. The molecule has 0 spiro atoms. The zero-order valence-corrected chi connectivity index (χ0v) is 12.0. The number of hydrazone groups is 1. The lowest BCUT2D eigenvalue weighted by Gasteiger charge is -2.00. The molecule has 1 aromatic carbocycles. The summed E-state index contributed by atoms with van der Waals surface area (Å²) in [7, 11) is 0. The molecular formula is C12H9ClN4O3S. The third kappa shape index (κ3) is 3.77. The third-order valence-electron chi connectivity index (χ3n) is 2.42. The Hall–Kier alpha value is -2.45. The number of thiocarbonyl (C=S) groups is 1. The zero-order valence-electron chi connectivity index (χ0n) is 10.4. The second-order valence-corrected chi connectivity index (χ2v) is 4.70. The maximum atomic E-state index is 10.8. The van der Waals surface area contributed by atoms with Gasteiger partial charge < -0.3 is 10.2 Å². The fourth-order valence-electron chi connectivity index (χ4n) is 1.54. The van der Waals surface area contributed by atoms with Crippen LogP contribution in [0, 0.1) is 10.1 Å². The van der Waals surface area contributed by atoms with Gasteiger partial charge in [-0.1, -0.05) is 11.6 Å². The Kier molecular flexibility index (Phi) is 4.51. The minimum Gasteiger partial charge on any atom is -0.455 e. The van der Waals surface area contributed by atoms with Crippen LogP contribution in [0.15, 0.2) is 39.9 Å². The lowest BCUT2D eigenvalue weighted by atomic mass is 10.1. The molecule has 21 heavy (non-hydrogen) atoms. The van der Waals surface area contributed by atoms with E-state index in [1.54, 1.807) is 12.1 Å². The fraction of sp³-hybridized carbons (Fsp3) is 0. The summed E-state index contributed by atoms with van der Waals surface area (Å²) in [6.45, 7) is 0. The van der Waals surface area contributed by atoms with Crippen molar-refractivity contribution < 1.29 is 9.34 Å². The van der Waals surface area contributed by atoms with Crippen molar-refractivity contribution in [3.63, 3.8) is 0 Å². The molecule has 108 valence electrons. The molecule has 0 atom stereocenters. The van der Waals surface area contributed by atoms with Gasteiger partial charge in [0, 0.05) is 17.7 Å². The lowest BCUT2D eigenvalue weighted by molar-refractivity contribution is -0.384. The Balaban J connectivity index is 2.29. The van der Waals surface area contributed by atoms with Gasteiger partial charge in [0.1, 0.15) is 11.5 Å². The van der Waals surface area contributed by atoms with Gasteiger partial charge in [-0.05, 0) is 30.4 Å². The number of nitro benzene ring substituents is 1. The van der Waals surface area contributed by atoms with Gasteiger partial charge in [0.25, 0.3) is 5.69 Å². The van der Waals surface area contributed by atoms with E-state index in [1.807, 2.05) is 0 Å². The average molecular weight is 325 g/mol. The quantitative estimate of drug-likeness (QED) is 0.387. The minimum atomic E-state index is -0.503. The molecule has 0 bridgehead atoms. The van der Waals surface area contributed by atoms with E-state index in [-0.39, 0.29) is 10.8 Å². The van der Waals surface area contributed by atoms with Crippen molar-refractivity contribution in [3.8, 4) is 11.3 Å². The highest BCUT2D eigenvalue weighted by atomic mass is 35.5. The molecule has 2 rings (SSSR count). The van der Waals surface area contributed by atoms with Gasteiger partial charge in [-0.25, -0.2) is 0 Å². The van der Waals surface area contributed by atoms with Gasteiger partial charge in [0.05, 0.1) is 16.2 Å². The van der Waals surface area contributed by atoms with E-state index in [1.165, 1.54) is 24.4 Å². The van der Waals surface area contributed by atoms with Gasteiger partial charge in [0.15, 0.2) is 5.11 Å². The second-order valence-electron chi connectivity index (χ2n) is 3.86. The topological polar surface area (TPSA) is 107 Å². The van der Waals surface area contributed by atoms with Crippen molar-refractivity contribution in [2.45, 2.75) is 0 Å². The maximum absolute atomic E-state index is 10.8. The van der Waals surface area contributed by atoms with Crippen molar-refractivity contribution in [2.24, 2.45) is 10.8 Å². The molecule has 0 aliphatic heterocycles. The molecule has 3 N–H and O–H groups in total. The van der Waals surface area contributed by atoms with E-state index in [0.29, 0.717) is 22.1 Å². The van der Waals surface area contributed by atoms with Gasteiger partial charge in [-0.3, -0.25) is 15.5 Å². The molecule has 0 aliphatic rings. The van der Waals surface area contributed by atoms with Gasteiger partial charge in [-0.15, -0.1) is 0 Å². The summed E-state index contributed by atoms with van der Waals surface area (Å²) in [6.07, 6.45) is 1.37. The molecule has 2 aromatic rings. The maximum Gasteiger partial charge on any atom is 0.270 e. The second kappa shape index (κ2) is 6.33. The van der Waals surface area contributed by atoms with E-state index >= 15 is 0 Å². The largest absolute Gasteiger partial charge is 0.455 e. The first-order chi connectivity index (χ1) is 9.97. The van der Waals surface area contributed by atoms with Gasteiger partial charge in [0.2, 0.25) is 0 Å². The summed E-state index contributed by atoms with van der Waals surface area (Å²) in [5.41, 5.74) is 7.95. The van der Waals surface area contributed by atoms with Crippen LogP contribution in [0.1, 0.15) is 5.76 Å². The molecule has 1 aromatic heterocycles. The molecule has 0 aliphatic carbocycles. The van der Waals surface area contributed by atoms with Crippen LogP contribution in [0.4, 0.5) is 5.69 Å². The molecule has 0 saturated carbocycles. The molecule has 1 heterocycles.